The number of rotatable bonds is 50. The molecule has 0 saturated carbocycles. The molecule has 0 aromatic rings. The van der Waals surface area contributed by atoms with Crippen LogP contribution in [0.2, 0.25) is 0 Å². The topological polar surface area (TPSA) is 175 Å². The van der Waals surface area contributed by atoms with Gasteiger partial charge in [-0.3, -0.25) is 14.4 Å². The zero-order chi connectivity index (χ0) is 56.1. The number of carboxylic acids is 1. The Labute approximate surface area is 466 Å². The maximum atomic E-state index is 13.2. The standard InChI is InChI=1S/C65H106O12/c1-4-7-10-13-16-19-22-25-27-28-29-30-32-34-36-39-42-45-48-51-57(66)73-54-56(75-58(67)52-49-46-43-40-38-35-31-26-23-20-17-14-11-8-5-2)55-74-65-63(61(70)60(69)62(77-65)64(71)72)76-59(68)53-50-47-44-41-37-33-24-21-18-15-12-9-6-3/h9,12,16-21,25-27,29-31,33,37,56,60-63,65,69-70H,4-8,10-11,13-15,22-24,28,32,34-36,38-55H2,1-3H3,(H,71,72)/b12-9-,19-16-,20-17-,21-18-,27-25-,30-29-,31-26-,37-33-. The molecule has 0 amide bonds. The molecule has 1 saturated heterocycles. The lowest BCUT2D eigenvalue weighted by Gasteiger charge is -2.40. The largest absolute Gasteiger partial charge is 0.479 e. The van der Waals surface area contributed by atoms with E-state index < -0.39 is 67.3 Å². The van der Waals surface area contributed by atoms with E-state index in [0.717, 1.165) is 135 Å². The molecule has 1 heterocycles. The Balaban J connectivity index is 2.71. The van der Waals surface area contributed by atoms with Gasteiger partial charge in [-0.2, -0.15) is 0 Å². The number of carbonyl (C=O) groups excluding carboxylic acids is 3. The van der Waals surface area contributed by atoms with Crippen LogP contribution in [0.1, 0.15) is 239 Å². The predicted octanol–water partition coefficient (Wildman–Crippen LogP) is 15.7. The van der Waals surface area contributed by atoms with Crippen LogP contribution in [0.5, 0.6) is 0 Å². The Morgan fingerprint density at radius 2 is 0.818 bits per heavy atom. The number of hydrogen-bond donors (Lipinski definition) is 3. The van der Waals surface area contributed by atoms with Crippen LogP contribution >= 0.6 is 0 Å². The second-order valence-corrected chi connectivity index (χ2v) is 20.2. The minimum absolute atomic E-state index is 0.0182. The summed E-state index contributed by atoms with van der Waals surface area (Å²) < 4.78 is 28.4. The van der Waals surface area contributed by atoms with Crippen LogP contribution in [-0.4, -0.2) is 89.2 Å². The van der Waals surface area contributed by atoms with Crippen molar-refractivity contribution < 1.29 is 58.2 Å². The molecule has 6 unspecified atom stereocenters. The fourth-order valence-corrected chi connectivity index (χ4v) is 8.48. The van der Waals surface area contributed by atoms with Crippen molar-refractivity contribution in [1.82, 2.24) is 0 Å². The summed E-state index contributed by atoms with van der Waals surface area (Å²) in [5.41, 5.74) is 0. The van der Waals surface area contributed by atoms with Gasteiger partial charge in [0.05, 0.1) is 6.61 Å². The Hall–Kier alpha value is -4.36. The van der Waals surface area contributed by atoms with E-state index in [-0.39, 0.29) is 25.9 Å². The summed E-state index contributed by atoms with van der Waals surface area (Å²) in [5.74, 6) is -3.20. The fourth-order valence-electron chi connectivity index (χ4n) is 8.48. The van der Waals surface area contributed by atoms with Gasteiger partial charge in [-0.15, -0.1) is 0 Å². The van der Waals surface area contributed by atoms with E-state index >= 15 is 0 Å². The summed E-state index contributed by atoms with van der Waals surface area (Å²) in [5, 5.41) is 31.5. The maximum absolute atomic E-state index is 13.2. The van der Waals surface area contributed by atoms with E-state index in [1.54, 1.807) is 0 Å². The van der Waals surface area contributed by atoms with Crippen molar-refractivity contribution >= 4 is 23.9 Å². The van der Waals surface area contributed by atoms with Crippen molar-refractivity contribution in [3.63, 3.8) is 0 Å². The molecule has 0 aromatic carbocycles. The second kappa shape index (κ2) is 52.3. The highest BCUT2D eigenvalue weighted by Crippen LogP contribution is 2.26. The highest BCUT2D eigenvalue weighted by atomic mass is 16.7. The third-order valence-corrected chi connectivity index (χ3v) is 13.1. The van der Waals surface area contributed by atoms with Gasteiger partial charge in [0.15, 0.2) is 24.6 Å². The molecule has 12 nitrogen and oxygen atoms in total. The quantitative estimate of drug-likeness (QED) is 0.0228. The summed E-state index contributed by atoms with van der Waals surface area (Å²) in [4.78, 5) is 51.1. The van der Waals surface area contributed by atoms with Gasteiger partial charge in [0.1, 0.15) is 18.8 Å². The smallest absolute Gasteiger partial charge is 0.335 e. The van der Waals surface area contributed by atoms with Crippen LogP contribution in [0.15, 0.2) is 97.2 Å². The molecule has 77 heavy (non-hydrogen) atoms. The van der Waals surface area contributed by atoms with E-state index in [1.165, 1.54) is 44.9 Å². The zero-order valence-corrected chi connectivity index (χ0v) is 48.2. The van der Waals surface area contributed by atoms with Crippen molar-refractivity contribution in [1.29, 1.82) is 0 Å². The van der Waals surface area contributed by atoms with Gasteiger partial charge >= 0.3 is 23.9 Å². The van der Waals surface area contributed by atoms with E-state index in [9.17, 15) is 34.5 Å². The van der Waals surface area contributed by atoms with E-state index in [1.807, 2.05) is 0 Å². The number of hydrogen-bond acceptors (Lipinski definition) is 11. The van der Waals surface area contributed by atoms with Gasteiger partial charge < -0.3 is 39.0 Å². The molecule has 438 valence electrons. The Kier molecular flexibility index (Phi) is 48.0. The first-order valence-electron chi connectivity index (χ1n) is 30.2. The lowest BCUT2D eigenvalue weighted by atomic mass is 9.98. The molecule has 3 N–H and O–H groups in total. The van der Waals surface area contributed by atoms with Gasteiger partial charge in [-0.1, -0.05) is 195 Å². The van der Waals surface area contributed by atoms with Crippen molar-refractivity contribution in [3.8, 4) is 0 Å². The van der Waals surface area contributed by atoms with Gasteiger partial charge in [-0.05, 0) is 122 Å². The summed E-state index contributed by atoms with van der Waals surface area (Å²) in [6, 6.07) is 0. The van der Waals surface area contributed by atoms with Crippen LogP contribution in [0.25, 0.3) is 0 Å². The fraction of sp³-hybridized carbons (Fsp3) is 0.692. The van der Waals surface area contributed by atoms with Crippen molar-refractivity contribution in [2.75, 3.05) is 13.2 Å². The van der Waals surface area contributed by atoms with E-state index in [2.05, 4.69) is 118 Å². The van der Waals surface area contributed by atoms with Crippen molar-refractivity contribution in [2.45, 2.75) is 276 Å². The monoisotopic (exact) mass is 1080 g/mol. The summed E-state index contributed by atoms with van der Waals surface area (Å²) in [7, 11) is 0. The maximum Gasteiger partial charge on any atom is 0.335 e. The molecule has 1 rings (SSSR count). The molecular weight excluding hydrogens is 973 g/mol. The van der Waals surface area contributed by atoms with Crippen LogP contribution in [-0.2, 0) is 42.9 Å². The number of unbranched alkanes of at least 4 members (excludes halogenated alkanes) is 20. The molecule has 1 aliphatic heterocycles. The van der Waals surface area contributed by atoms with Crippen LogP contribution in [0.3, 0.4) is 0 Å². The zero-order valence-electron chi connectivity index (χ0n) is 48.2. The Bertz CT molecular complexity index is 1710. The highest BCUT2D eigenvalue weighted by molar-refractivity contribution is 5.74. The Morgan fingerprint density at radius 1 is 0.442 bits per heavy atom. The highest BCUT2D eigenvalue weighted by Gasteiger charge is 2.50. The third kappa shape index (κ3) is 42.3. The SMILES string of the molecule is CC/C=C\C/C=C\C/C=C\CCCCCC(=O)OC1C(OCC(COC(=O)CCCCCCCC/C=C\C/C=C\C/C=C\CCCCC)OC(=O)CCCCCCC/C=C\C/C=C\CCCCC)OC(C(=O)O)C(O)C1O. The normalized spacial score (nSPS) is 18.7. The van der Waals surface area contributed by atoms with Gasteiger partial charge in [-0.25, -0.2) is 4.79 Å². The van der Waals surface area contributed by atoms with E-state index in [4.69, 9.17) is 23.7 Å². The summed E-state index contributed by atoms with van der Waals surface area (Å²) in [6.45, 7) is 5.78. The summed E-state index contributed by atoms with van der Waals surface area (Å²) in [6.07, 6.45) is 56.6. The van der Waals surface area contributed by atoms with Crippen molar-refractivity contribution in [3.05, 3.63) is 97.2 Å². The van der Waals surface area contributed by atoms with Crippen molar-refractivity contribution in [2.24, 2.45) is 0 Å². The molecule has 6 atom stereocenters. The number of aliphatic carboxylic acids is 1. The minimum atomic E-state index is -1.92. The van der Waals surface area contributed by atoms with E-state index in [0.29, 0.717) is 19.3 Å². The lowest BCUT2D eigenvalue weighted by Crippen LogP contribution is -2.61. The molecule has 0 aromatic heterocycles. The predicted molar refractivity (Wildman–Crippen MR) is 312 cm³/mol. The Morgan fingerprint density at radius 3 is 1.26 bits per heavy atom. The molecule has 0 spiro atoms. The minimum Gasteiger partial charge on any atom is -0.479 e. The number of carboxylic acid groups (broad SMARTS) is 1. The number of ether oxygens (including phenoxy) is 5. The lowest BCUT2D eigenvalue weighted by molar-refractivity contribution is -0.301. The van der Waals surface area contributed by atoms with Crippen LogP contribution in [0.4, 0.5) is 0 Å². The van der Waals surface area contributed by atoms with Crippen LogP contribution < -0.4 is 0 Å². The number of esters is 3. The van der Waals surface area contributed by atoms with Crippen LogP contribution in [0, 0.1) is 0 Å². The molecule has 12 heteroatoms. The molecule has 0 aliphatic carbocycles. The van der Waals surface area contributed by atoms with Gasteiger partial charge in [0.2, 0.25) is 0 Å². The molecule has 1 aliphatic rings. The van der Waals surface area contributed by atoms with Gasteiger partial charge in [0, 0.05) is 19.3 Å². The summed E-state index contributed by atoms with van der Waals surface area (Å²) >= 11 is 0. The first kappa shape index (κ1) is 70.7. The average molecular weight is 1080 g/mol. The molecule has 1 fully saturated rings. The van der Waals surface area contributed by atoms with Gasteiger partial charge in [0.25, 0.3) is 0 Å². The molecule has 0 radical (unpaired) electrons. The average Bonchev–Trinajstić information content (AvgIpc) is 3.42. The first-order chi connectivity index (χ1) is 37.6. The second-order valence-electron chi connectivity index (χ2n) is 20.2. The number of carbonyl (C=O) groups is 4. The third-order valence-electron chi connectivity index (χ3n) is 13.1. The number of aliphatic hydroxyl groups is 2. The number of aliphatic hydroxyl groups excluding tert-OH is 2. The first-order valence-corrected chi connectivity index (χ1v) is 30.2. The molecular formula is C65H106O12. The molecule has 0 bridgehead atoms. The number of allylic oxidation sites excluding steroid dienone is 16.